The smallest absolute Gasteiger partial charge is 0.183 e. The van der Waals surface area contributed by atoms with Crippen LogP contribution in [0.2, 0.25) is 0 Å². The molecule has 0 aromatic rings. The average molecular weight is 148 g/mol. The molecule has 0 aliphatic carbocycles. The summed E-state index contributed by atoms with van der Waals surface area (Å²) in [6, 6.07) is 0. The van der Waals surface area contributed by atoms with Crippen molar-refractivity contribution in [1.82, 2.24) is 0 Å². The molecular formula is C6H12O4. The van der Waals surface area contributed by atoms with E-state index in [4.69, 9.17) is 10.2 Å². The second-order valence-electron chi connectivity index (χ2n) is 2.60. The van der Waals surface area contributed by atoms with E-state index in [2.05, 4.69) is 4.74 Å². The SMILES string of the molecule is CC[C@@]1(O)CO[C@@H](O)[C@@H]1O. The highest BCUT2D eigenvalue weighted by Crippen LogP contribution is 2.25. The van der Waals surface area contributed by atoms with Crippen LogP contribution in [-0.4, -0.2) is 39.9 Å². The summed E-state index contributed by atoms with van der Waals surface area (Å²) in [4.78, 5) is 0. The number of aliphatic hydroxyl groups excluding tert-OH is 2. The normalized spacial score (nSPS) is 48.0. The third-order valence-corrected chi connectivity index (χ3v) is 1.94. The average Bonchev–Trinajstić information content (AvgIpc) is 2.19. The number of ether oxygens (including phenoxy) is 1. The van der Waals surface area contributed by atoms with Crippen LogP contribution in [0, 0.1) is 0 Å². The van der Waals surface area contributed by atoms with Gasteiger partial charge in [0.1, 0.15) is 11.7 Å². The van der Waals surface area contributed by atoms with Gasteiger partial charge >= 0.3 is 0 Å². The van der Waals surface area contributed by atoms with Crippen molar-refractivity contribution in [3.8, 4) is 0 Å². The molecule has 0 aromatic carbocycles. The Kier molecular flexibility index (Phi) is 1.96. The minimum absolute atomic E-state index is 0.00579. The number of rotatable bonds is 1. The van der Waals surface area contributed by atoms with Gasteiger partial charge < -0.3 is 20.1 Å². The van der Waals surface area contributed by atoms with Crippen molar-refractivity contribution in [2.75, 3.05) is 6.61 Å². The van der Waals surface area contributed by atoms with Crippen molar-refractivity contribution < 1.29 is 20.1 Å². The van der Waals surface area contributed by atoms with Crippen molar-refractivity contribution >= 4 is 0 Å². The van der Waals surface area contributed by atoms with Gasteiger partial charge in [-0.1, -0.05) is 6.92 Å². The van der Waals surface area contributed by atoms with Crippen molar-refractivity contribution in [3.63, 3.8) is 0 Å². The van der Waals surface area contributed by atoms with Crippen molar-refractivity contribution in [1.29, 1.82) is 0 Å². The predicted molar refractivity (Wildman–Crippen MR) is 33.2 cm³/mol. The first-order valence-corrected chi connectivity index (χ1v) is 3.30. The highest BCUT2D eigenvalue weighted by Gasteiger charge is 2.45. The molecule has 1 fully saturated rings. The van der Waals surface area contributed by atoms with E-state index in [-0.39, 0.29) is 6.61 Å². The van der Waals surface area contributed by atoms with Crippen LogP contribution in [0.25, 0.3) is 0 Å². The number of hydrogen-bond donors (Lipinski definition) is 3. The molecule has 0 bridgehead atoms. The standard InChI is InChI=1S/C6H12O4/c1-2-6(9)3-10-5(8)4(6)7/h4-5,7-9H,2-3H2,1H3/t4-,5+,6+/m0/s1. The molecule has 4 heteroatoms. The zero-order valence-electron chi connectivity index (χ0n) is 5.82. The van der Waals surface area contributed by atoms with Crippen LogP contribution in [0.4, 0.5) is 0 Å². The summed E-state index contributed by atoms with van der Waals surface area (Å²) in [5.41, 5.74) is -1.25. The summed E-state index contributed by atoms with van der Waals surface area (Å²) >= 11 is 0. The fraction of sp³-hybridized carbons (Fsp3) is 1.00. The second kappa shape index (κ2) is 2.47. The highest BCUT2D eigenvalue weighted by molar-refractivity contribution is 4.91. The molecule has 0 radical (unpaired) electrons. The Labute approximate surface area is 59.1 Å². The zero-order valence-corrected chi connectivity index (χ0v) is 5.82. The molecule has 60 valence electrons. The molecule has 3 N–H and O–H groups in total. The topological polar surface area (TPSA) is 69.9 Å². The van der Waals surface area contributed by atoms with Gasteiger partial charge in [0.05, 0.1) is 6.61 Å². The molecule has 3 atom stereocenters. The molecule has 4 nitrogen and oxygen atoms in total. The third kappa shape index (κ3) is 1.03. The summed E-state index contributed by atoms with van der Waals surface area (Å²) in [6.07, 6.45) is -2.02. The molecule has 0 spiro atoms. The van der Waals surface area contributed by atoms with Crippen LogP contribution >= 0.6 is 0 Å². The fourth-order valence-electron chi connectivity index (χ4n) is 0.983. The zero-order chi connectivity index (χ0) is 7.78. The van der Waals surface area contributed by atoms with Gasteiger partial charge in [-0.2, -0.15) is 0 Å². The van der Waals surface area contributed by atoms with Crippen LogP contribution in [0.15, 0.2) is 0 Å². The van der Waals surface area contributed by atoms with Gasteiger partial charge in [0.2, 0.25) is 0 Å². The van der Waals surface area contributed by atoms with Gasteiger partial charge in [-0.15, -0.1) is 0 Å². The molecule has 1 rings (SSSR count). The maximum Gasteiger partial charge on any atom is 0.183 e. The summed E-state index contributed by atoms with van der Waals surface area (Å²) in [5.74, 6) is 0. The maximum atomic E-state index is 9.40. The molecule has 1 saturated heterocycles. The Balaban J connectivity index is 2.64. The Morgan fingerprint density at radius 1 is 1.60 bits per heavy atom. The Morgan fingerprint density at radius 2 is 2.20 bits per heavy atom. The lowest BCUT2D eigenvalue weighted by molar-refractivity contribution is -0.121. The van der Waals surface area contributed by atoms with Crippen LogP contribution in [-0.2, 0) is 4.74 Å². The summed E-state index contributed by atoms with van der Waals surface area (Å²) in [5, 5.41) is 27.3. The number of aliphatic hydroxyl groups is 3. The van der Waals surface area contributed by atoms with E-state index < -0.39 is 18.0 Å². The Morgan fingerprint density at radius 3 is 2.40 bits per heavy atom. The van der Waals surface area contributed by atoms with Crippen LogP contribution < -0.4 is 0 Å². The van der Waals surface area contributed by atoms with Crippen LogP contribution in [0.3, 0.4) is 0 Å². The van der Waals surface area contributed by atoms with Crippen molar-refractivity contribution in [2.45, 2.75) is 31.3 Å². The van der Waals surface area contributed by atoms with E-state index in [1.54, 1.807) is 6.92 Å². The maximum absolute atomic E-state index is 9.40. The third-order valence-electron chi connectivity index (χ3n) is 1.94. The molecule has 0 unspecified atom stereocenters. The van der Waals surface area contributed by atoms with E-state index in [9.17, 15) is 5.11 Å². The summed E-state index contributed by atoms with van der Waals surface area (Å²) in [6.45, 7) is 1.73. The van der Waals surface area contributed by atoms with Gasteiger partial charge in [0, 0.05) is 0 Å². The minimum Gasteiger partial charge on any atom is -0.385 e. The molecular weight excluding hydrogens is 136 g/mol. The second-order valence-corrected chi connectivity index (χ2v) is 2.60. The fourth-order valence-corrected chi connectivity index (χ4v) is 0.983. The number of hydrogen-bond acceptors (Lipinski definition) is 4. The van der Waals surface area contributed by atoms with Crippen LogP contribution in [0.1, 0.15) is 13.3 Å². The molecule has 10 heavy (non-hydrogen) atoms. The Bertz CT molecular complexity index is 127. The predicted octanol–water partition coefficient (Wildman–Crippen LogP) is -1.16. The lowest BCUT2D eigenvalue weighted by Crippen LogP contribution is -2.43. The molecule has 0 aromatic heterocycles. The Hall–Kier alpha value is -0.160. The first-order valence-electron chi connectivity index (χ1n) is 3.30. The molecule has 1 heterocycles. The van der Waals surface area contributed by atoms with Gasteiger partial charge in [0.25, 0.3) is 0 Å². The van der Waals surface area contributed by atoms with Crippen LogP contribution in [0.5, 0.6) is 0 Å². The van der Waals surface area contributed by atoms with E-state index in [1.165, 1.54) is 0 Å². The first-order chi connectivity index (χ1) is 4.60. The molecule has 1 aliphatic heterocycles. The molecule has 0 saturated carbocycles. The lowest BCUT2D eigenvalue weighted by Gasteiger charge is -2.22. The summed E-state index contributed by atoms with van der Waals surface area (Å²) < 4.78 is 4.63. The first kappa shape index (κ1) is 7.94. The van der Waals surface area contributed by atoms with Crippen molar-refractivity contribution in [2.24, 2.45) is 0 Å². The van der Waals surface area contributed by atoms with E-state index >= 15 is 0 Å². The van der Waals surface area contributed by atoms with Gasteiger partial charge in [-0.25, -0.2) is 0 Å². The summed E-state index contributed by atoms with van der Waals surface area (Å²) in [7, 11) is 0. The van der Waals surface area contributed by atoms with E-state index in [0.717, 1.165) is 0 Å². The largest absolute Gasteiger partial charge is 0.385 e. The quantitative estimate of drug-likeness (QED) is 0.438. The monoisotopic (exact) mass is 148 g/mol. The molecule has 1 aliphatic rings. The highest BCUT2D eigenvalue weighted by atomic mass is 16.6. The van der Waals surface area contributed by atoms with E-state index in [1.807, 2.05) is 0 Å². The van der Waals surface area contributed by atoms with E-state index in [0.29, 0.717) is 6.42 Å². The minimum atomic E-state index is -1.25. The van der Waals surface area contributed by atoms with Gasteiger partial charge in [-0.3, -0.25) is 0 Å². The van der Waals surface area contributed by atoms with Gasteiger partial charge in [-0.05, 0) is 6.42 Å². The molecule has 0 amide bonds. The lowest BCUT2D eigenvalue weighted by atomic mass is 9.97. The van der Waals surface area contributed by atoms with Crippen molar-refractivity contribution in [3.05, 3.63) is 0 Å². The van der Waals surface area contributed by atoms with Gasteiger partial charge in [0.15, 0.2) is 6.29 Å².